The van der Waals surface area contributed by atoms with E-state index < -0.39 is 45.0 Å². The molecule has 4 unspecified atom stereocenters. The zero-order chi connectivity index (χ0) is 34.3. The highest BCUT2D eigenvalue weighted by Gasteiger charge is 2.66. The zero-order valence-corrected chi connectivity index (χ0v) is 29.1. The number of halogens is 3. The minimum atomic E-state index is -3.11. The van der Waals surface area contributed by atoms with E-state index >= 15 is 4.39 Å². The molecule has 4 atom stereocenters. The molecule has 47 heavy (non-hydrogen) atoms. The molecular formula is C34H38Cl2FN3O6S. The van der Waals surface area contributed by atoms with Crippen LogP contribution in [-0.2, 0) is 24.8 Å². The molecule has 0 radical (unpaired) electrons. The third-order valence-electron chi connectivity index (χ3n) is 8.58. The Hall–Kier alpha value is -3.38. The van der Waals surface area contributed by atoms with Crippen molar-refractivity contribution in [1.82, 2.24) is 5.32 Å². The van der Waals surface area contributed by atoms with Crippen LogP contribution in [-0.4, -0.2) is 58.0 Å². The Bertz CT molecular complexity index is 1820. The summed E-state index contributed by atoms with van der Waals surface area (Å²) in [6.07, 6.45) is 1.95. The molecule has 0 aliphatic carbocycles. The number of sulfone groups is 1. The van der Waals surface area contributed by atoms with Crippen molar-refractivity contribution in [3.63, 3.8) is 0 Å². The molecule has 5 rings (SSSR count). The summed E-state index contributed by atoms with van der Waals surface area (Å²) in [6.45, 7) is 6.29. The van der Waals surface area contributed by atoms with Gasteiger partial charge in [-0.05, 0) is 59.7 Å². The second-order valence-corrected chi connectivity index (χ2v) is 16.4. The molecule has 0 saturated carbocycles. The number of fused-ring (bicyclic) bond motifs is 2. The molecule has 3 aromatic carbocycles. The highest BCUT2D eigenvalue weighted by molar-refractivity contribution is 7.90. The zero-order valence-electron chi connectivity index (χ0n) is 26.7. The number of nitrogens with one attached hydrogen (secondary N) is 3. The third-order valence-corrected chi connectivity index (χ3v) is 10.1. The largest absolute Gasteiger partial charge is 0.494 e. The maximum Gasteiger partial charge on any atom is 0.242 e. The van der Waals surface area contributed by atoms with Gasteiger partial charge in [0, 0.05) is 35.0 Å². The molecule has 9 nitrogen and oxygen atoms in total. The van der Waals surface area contributed by atoms with Crippen LogP contribution in [0, 0.1) is 11.2 Å². The van der Waals surface area contributed by atoms with E-state index in [1.807, 2.05) is 20.8 Å². The quantitative estimate of drug-likeness (QED) is 0.210. The number of hydrogen-bond donors (Lipinski definition) is 3. The summed E-state index contributed by atoms with van der Waals surface area (Å²) in [5, 5.41) is 9.63. The van der Waals surface area contributed by atoms with Crippen LogP contribution in [0.3, 0.4) is 0 Å². The van der Waals surface area contributed by atoms with Gasteiger partial charge in [0.2, 0.25) is 11.8 Å². The molecule has 0 aromatic heterocycles. The van der Waals surface area contributed by atoms with E-state index in [0.29, 0.717) is 46.3 Å². The number of carbonyl (C=O) groups excluding carboxylic acids is 2. The lowest BCUT2D eigenvalue weighted by atomic mass is 9.62. The van der Waals surface area contributed by atoms with Crippen molar-refractivity contribution in [3.05, 3.63) is 81.6 Å². The Kier molecular flexibility index (Phi) is 9.86. The first-order valence-corrected chi connectivity index (χ1v) is 18.0. The van der Waals surface area contributed by atoms with Gasteiger partial charge in [-0.2, -0.15) is 0 Å². The van der Waals surface area contributed by atoms with Gasteiger partial charge in [-0.1, -0.05) is 62.2 Å². The second kappa shape index (κ2) is 13.3. The van der Waals surface area contributed by atoms with Gasteiger partial charge in [0.1, 0.15) is 32.6 Å². The summed E-state index contributed by atoms with van der Waals surface area (Å²) in [5.74, 6) is -1.89. The maximum absolute atomic E-state index is 16.0. The van der Waals surface area contributed by atoms with Gasteiger partial charge in [-0.15, -0.1) is 0 Å². The van der Waals surface area contributed by atoms with Gasteiger partial charge < -0.3 is 25.4 Å². The lowest BCUT2D eigenvalue weighted by Gasteiger charge is -2.37. The summed E-state index contributed by atoms with van der Waals surface area (Å²) in [5.41, 5.74) is -0.111. The number of benzene rings is 3. The Morgan fingerprint density at radius 3 is 2.53 bits per heavy atom. The first kappa shape index (κ1) is 34.9. The van der Waals surface area contributed by atoms with Crippen LogP contribution in [0.2, 0.25) is 10.0 Å². The van der Waals surface area contributed by atoms with Crippen LogP contribution in [0.4, 0.5) is 15.8 Å². The molecule has 2 aliphatic heterocycles. The van der Waals surface area contributed by atoms with Crippen LogP contribution < -0.4 is 25.4 Å². The van der Waals surface area contributed by atoms with E-state index in [9.17, 15) is 18.0 Å². The van der Waals surface area contributed by atoms with Crippen LogP contribution in [0.1, 0.15) is 50.7 Å². The molecule has 3 aromatic rings. The van der Waals surface area contributed by atoms with Crippen molar-refractivity contribution in [1.29, 1.82) is 0 Å². The Labute approximate surface area is 284 Å². The minimum absolute atomic E-state index is 0.00567. The fraction of sp³-hybridized carbons (Fsp3) is 0.412. The van der Waals surface area contributed by atoms with E-state index in [1.165, 1.54) is 19.4 Å². The van der Waals surface area contributed by atoms with E-state index in [0.717, 1.165) is 0 Å². The highest BCUT2D eigenvalue weighted by Crippen LogP contribution is 2.57. The van der Waals surface area contributed by atoms with Gasteiger partial charge in [-0.3, -0.25) is 9.59 Å². The summed E-state index contributed by atoms with van der Waals surface area (Å²) in [6, 6.07) is 12.8. The fourth-order valence-electron chi connectivity index (χ4n) is 6.74. The molecule has 2 heterocycles. The molecule has 1 saturated heterocycles. The molecule has 1 fully saturated rings. The van der Waals surface area contributed by atoms with Crippen molar-refractivity contribution in [3.8, 4) is 11.5 Å². The number of rotatable bonds is 10. The molecule has 0 bridgehead atoms. The summed E-state index contributed by atoms with van der Waals surface area (Å²) in [7, 11) is -1.67. The average Bonchev–Trinajstić information content (AvgIpc) is 3.45. The molecule has 252 valence electrons. The molecule has 13 heteroatoms. The number of amides is 2. The van der Waals surface area contributed by atoms with E-state index in [1.54, 1.807) is 48.5 Å². The molecular weight excluding hydrogens is 668 g/mol. The smallest absolute Gasteiger partial charge is 0.242 e. The average molecular weight is 707 g/mol. The Morgan fingerprint density at radius 2 is 1.85 bits per heavy atom. The van der Waals surface area contributed by atoms with Gasteiger partial charge in [0.15, 0.2) is 0 Å². The predicted octanol–water partition coefficient (Wildman–Crippen LogP) is 6.34. The SMILES string of the molecule is COc1cc(OCCCS(C)(=O)=O)ccc1NC(=O)C1NC(CC(C)(C)C)C2(C(=O)Nc3cc(Cl)ccc32)C1c1cccc(Cl)c1F. The van der Waals surface area contributed by atoms with Crippen LogP contribution in [0.25, 0.3) is 0 Å². The molecule has 2 amide bonds. The van der Waals surface area contributed by atoms with E-state index in [-0.39, 0.29) is 34.3 Å². The number of carbonyl (C=O) groups is 2. The number of anilines is 2. The second-order valence-electron chi connectivity index (χ2n) is 13.3. The third kappa shape index (κ3) is 7.09. The minimum Gasteiger partial charge on any atom is -0.494 e. The first-order valence-electron chi connectivity index (χ1n) is 15.2. The van der Waals surface area contributed by atoms with Crippen LogP contribution in [0.15, 0.2) is 54.6 Å². The molecule has 3 N–H and O–H groups in total. The Morgan fingerprint density at radius 1 is 1.11 bits per heavy atom. The maximum atomic E-state index is 16.0. The number of methoxy groups -OCH3 is 1. The van der Waals surface area contributed by atoms with Gasteiger partial charge >= 0.3 is 0 Å². The topological polar surface area (TPSA) is 123 Å². The van der Waals surface area contributed by atoms with Crippen molar-refractivity contribution in [2.45, 2.75) is 57.0 Å². The number of hydrogen-bond acceptors (Lipinski definition) is 7. The van der Waals surface area contributed by atoms with Crippen molar-refractivity contribution >= 4 is 56.2 Å². The van der Waals surface area contributed by atoms with Crippen LogP contribution in [0.5, 0.6) is 11.5 Å². The highest BCUT2D eigenvalue weighted by atomic mass is 35.5. The summed E-state index contributed by atoms with van der Waals surface area (Å²) >= 11 is 12.6. The standard InChI is InChI=1S/C34H38Cl2FN3O6S/c1-33(2,3)18-27-34(22-12-10-19(35)16-25(22)39-32(34)42)28(21-8-6-9-23(36)29(21)37)30(40-27)31(41)38-24-13-11-20(17-26(24)45-4)46-14-7-15-47(5,43)44/h6,8-13,16-17,27-28,30,40H,7,14-15,18H2,1-5H3,(H,38,41)(H,39,42). The van der Waals surface area contributed by atoms with Crippen molar-refractivity contribution in [2.75, 3.05) is 36.4 Å². The lowest BCUT2D eigenvalue weighted by Crippen LogP contribution is -2.49. The summed E-state index contributed by atoms with van der Waals surface area (Å²) < 4.78 is 50.1. The predicted molar refractivity (Wildman–Crippen MR) is 182 cm³/mol. The normalized spacial score (nSPS) is 22.2. The lowest BCUT2D eigenvalue weighted by molar-refractivity contribution is -0.122. The van der Waals surface area contributed by atoms with E-state index in [4.69, 9.17) is 32.7 Å². The van der Waals surface area contributed by atoms with E-state index in [2.05, 4.69) is 16.0 Å². The Balaban J connectivity index is 1.56. The van der Waals surface area contributed by atoms with Crippen molar-refractivity contribution in [2.24, 2.45) is 5.41 Å². The van der Waals surface area contributed by atoms with Crippen LogP contribution >= 0.6 is 23.2 Å². The van der Waals surface area contributed by atoms with Gasteiger partial charge in [0.05, 0.1) is 36.2 Å². The molecule has 1 spiro atoms. The van der Waals surface area contributed by atoms with Gasteiger partial charge in [-0.25, -0.2) is 12.8 Å². The summed E-state index contributed by atoms with van der Waals surface area (Å²) in [4.78, 5) is 28.7. The van der Waals surface area contributed by atoms with Gasteiger partial charge in [0.25, 0.3) is 0 Å². The fourth-order valence-corrected chi connectivity index (χ4v) is 7.73. The molecule has 2 aliphatic rings. The first-order chi connectivity index (χ1) is 22.0. The monoisotopic (exact) mass is 705 g/mol. The number of ether oxygens (including phenoxy) is 2. The van der Waals surface area contributed by atoms with Crippen molar-refractivity contribution < 1.29 is 31.9 Å².